The van der Waals surface area contributed by atoms with Crippen LogP contribution in [0.25, 0.3) is 22.8 Å². The number of halogens is 3. The maximum Gasteiger partial charge on any atom is 0.433 e. The molecule has 0 radical (unpaired) electrons. The summed E-state index contributed by atoms with van der Waals surface area (Å²) in [7, 11) is 0. The van der Waals surface area contributed by atoms with E-state index < -0.39 is 23.9 Å². The topological polar surface area (TPSA) is 118 Å². The molecule has 0 saturated carbocycles. The fraction of sp³-hybridized carbons (Fsp3) is 0.520. The molecule has 2 N–H and O–H groups in total. The van der Waals surface area contributed by atoms with Crippen LogP contribution in [0.2, 0.25) is 0 Å². The van der Waals surface area contributed by atoms with Crippen LogP contribution in [0.4, 0.5) is 13.2 Å². The van der Waals surface area contributed by atoms with Crippen LogP contribution >= 0.6 is 0 Å². The van der Waals surface area contributed by atoms with Crippen LogP contribution in [-0.2, 0) is 17.5 Å². The van der Waals surface area contributed by atoms with Gasteiger partial charge in [0.15, 0.2) is 5.69 Å². The van der Waals surface area contributed by atoms with E-state index in [0.717, 1.165) is 30.3 Å². The van der Waals surface area contributed by atoms with E-state index in [1.54, 1.807) is 38.1 Å². The predicted octanol–water partition coefficient (Wildman–Crippen LogP) is 4.50. The number of carboxylic acid groups (broad SMARTS) is 1. The summed E-state index contributed by atoms with van der Waals surface area (Å²) in [6, 6.07) is 6.75. The van der Waals surface area contributed by atoms with Crippen molar-refractivity contribution < 1.29 is 32.7 Å². The van der Waals surface area contributed by atoms with E-state index in [1.165, 1.54) is 0 Å². The van der Waals surface area contributed by atoms with Gasteiger partial charge in [-0.05, 0) is 36.8 Å². The maximum atomic E-state index is 13.8. The van der Waals surface area contributed by atoms with Gasteiger partial charge in [-0.25, -0.2) is 0 Å². The van der Waals surface area contributed by atoms with Gasteiger partial charge < -0.3 is 19.6 Å². The first kappa shape index (κ1) is 26.8. The molecular formula is C25H30F3N5O4. The summed E-state index contributed by atoms with van der Waals surface area (Å²) in [5.41, 5.74) is -0.0319. The zero-order chi connectivity index (χ0) is 26.7. The van der Waals surface area contributed by atoms with E-state index in [0.29, 0.717) is 24.2 Å². The number of likely N-dealkylation sites (tertiary alicyclic amines) is 1. The number of hydrogen-bond donors (Lipinski definition) is 2. The lowest BCUT2D eigenvalue weighted by Gasteiger charge is -2.33. The largest absolute Gasteiger partial charge is 0.481 e. The monoisotopic (exact) mass is 521 g/mol. The molecular weight excluding hydrogens is 491 g/mol. The second-order valence-electron chi connectivity index (χ2n) is 9.91. The Morgan fingerprint density at radius 3 is 2.59 bits per heavy atom. The van der Waals surface area contributed by atoms with E-state index in [4.69, 9.17) is 9.63 Å². The molecule has 200 valence electrons. The Hall–Kier alpha value is -3.25. The quantitative estimate of drug-likeness (QED) is 0.423. The number of nitrogens with zero attached hydrogens (tertiary/aromatic N) is 5. The molecule has 0 spiro atoms. The summed E-state index contributed by atoms with van der Waals surface area (Å²) < 4.78 is 47.4. The van der Waals surface area contributed by atoms with Crippen LogP contribution in [0.15, 0.2) is 35.0 Å². The van der Waals surface area contributed by atoms with Crippen molar-refractivity contribution in [3.05, 3.63) is 41.7 Å². The third-order valence-electron chi connectivity index (χ3n) is 6.35. The van der Waals surface area contributed by atoms with Crippen molar-refractivity contribution in [2.45, 2.75) is 51.9 Å². The first-order valence-corrected chi connectivity index (χ1v) is 12.2. The molecule has 3 heterocycles. The van der Waals surface area contributed by atoms with Crippen LogP contribution in [0.1, 0.15) is 50.5 Å². The highest BCUT2D eigenvalue weighted by molar-refractivity contribution is 5.67. The lowest BCUT2D eigenvalue weighted by atomic mass is 9.94. The van der Waals surface area contributed by atoms with Gasteiger partial charge >= 0.3 is 12.1 Å². The molecule has 1 aromatic carbocycles. The molecule has 37 heavy (non-hydrogen) atoms. The minimum Gasteiger partial charge on any atom is -0.481 e. The minimum absolute atomic E-state index is 0.0398. The number of hydrogen-bond acceptors (Lipinski definition) is 7. The Balaban J connectivity index is 1.46. The van der Waals surface area contributed by atoms with Gasteiger partial charge in [0.1, 0.15) is 0 Å². The van der Waals surface area contributed by atoms with Crippen molar-refractivity contribution in [2.75, 3.05) is 19.6 Å². The van der Waals surface area contributed by atoms with Crippen molar-refractivity contribution in [1.29, 1.82) is 0 Å². The zero-order valence-corrected chi connectivity index (χ0v) is 20.6. The first-order chi connectivity index (χ1) is 17.5. The highest BCUT2D eigenvalue weighted by atomic mass is 19.4. The normalized spacial score (nSPS) is 17.9. The molecule has 2 atom stereocenters. The Bertz CT molecular complexity index is 1210. The third-order valence-corrected chi connectivity index (χ3v) is 6.35. The van der Waals surface area contributed by atoms with Crippen LogP contribution in [0.5, 0.6) is 0 Å². The predicted molar refractivity (Wildman–Crippen MR) is 127 cm³/mol. The van der Waals surface area contributed by atoms with Crippen molar-refractivity contribution in [1.82, 2.24) is 24.8 Å². The molecule has 1 fully saturated rings. The van der Waals surface area contributed by atoms with Gasteiger partial charge in [0.2, 0.25) is 5.82 Å². The average molecular weight is 522 g/mol. The number of rotatable bonds is 9. The van der Waals surface area contributed by atoms with Crippen molar-refractivity contribution >= 4 is 5.97 Å². The third kappa shape index (κ3) is 6.55. The number of carboxylic acids is 1. The summed E-state index contributed by atoms with van der Waals surface area (Å²) in [5, 5.41) is 27.5. The summed E-state index contributed by atoms with van der Waals surface area (Å²) in [4.78, 5) is 17.2. The van der Waals surface area contributed by atoms with Crippen LogP contribution in [0.3, 0.4) is 0 Å². The molecule has 0 bridgehead atoms. The number of β-amino-alcohol motifs (C(OH)–C–C–N with tert-alkyl or cyclic N) is 1. The molecule has 2 aromatic heterocycles. The average Bonchev–Trinajstić information content (AvgIpc) is 3.46. The summed E-state index contributed by atoms with van der Waals surface area (Å²) in [6.45, 7) is 5.50. The molecule has 12 heteroatoms. The number of piperidine rings is 1. The lowest BCUT2D eigenvalue weighted by Crippen LogP contribution is -2.38. The molecule has 1 aliphatic heterocycles. The number of benzene rings is 1. The zero-order valence-electron chi connectivity index (χ0n) is 20.6. The highest BCUT2D eigenvalue weighted by Crippen LogP contribution is 2.37. The minimum atomic E-state index is -4.64. The summed E-state index contributed by atoms with van der Waals surface area (Å²) in [5.74, 6) is -0.937. The van der Waals surface area contributed by atoms with E-state index >= 15 is 0 Å². The SMILES string of the molecule is CC(C)Cn1ncc(-c2nc(-c3ccc(C(O)CN4CCCC(CC(=O)O)C4)cc3)no2)c1C(F)(F)F. The summed E-state index contributed by atoms with van der Waals surface area (Å²) >= 11 is 0. The number of carbonyl (C=O) groups is 1. The van der Waals surface area contributed by atoms with Gasteiger partial charge in [0.25, 0.3) is 5.89 Å². The lowest BCUT2D eigenvalue weighted by molar-refractivity contribution is -0.144. The second-order valence-corrected chi connectivity index (χ2v) is 9.91. The van der Waals surface area contributed by atoms with Gasteiger partial charge in [0, 0.05) is 31.6 Å². The number of aliphatic hydroxyl groups is 1. The van der Waals surface area contributed by atoms with Gasteiger partial charge in [-0.3, -0.25) is 9.48 Å². The van der Waals surface area contributed by atoms with Crippen LogP contribution < -0.4 is 0 Å². The number of aromatic nitrogens is 4. The number of alkyl halides is 3. The van der Waals surface area contributed by atoms with Crippen molar-refractivity contribution in [2.24, 2.45) is 11.8 Å². The second kappa shape index (κ2) is 11.0. The highest BCUT2D eigenvalue weighted by Gasteiger charge is 2.40. The number of aliphatic hydroxyl groups excluding tert-OH is 1. The number of aliphatic carboxylic acids is 1. The fourth-order valence-corrected chi connectivity index (χ4v) is 4.71. The smallest absolute Gasteiger partial charge is 0.433 e. The van der Waals surface area contributed by atoms with Crippen LogP contribution in [-0.4, -0.2) is 60.6 Å². The summed E-state index contributed by atoms with van der Waals surface area (Å²) in [6.07, 6.45) is -2.46. The van der Waals surface area contributed by atoms with Gasteiger partial charge in [-0.2, -0.15) is 23.3 Å². The van der Waals surface area contributed by atoms with Crippen LogP contribution in [0, 0.1) is 11.8 Å². The molecule has 0 aliphatic carbocycles. The van der Waals surface area contributed by atoms with Crippen molar-refractivity contribution in [3.63, 3.8) is 0 Å². The van der Waals surface area contributed by atoms with Gasteiger partial charge in [-0.1, -0.05) is 43.3 Å². The van der Waals surface area contributed by atoms with E-state index in [2.05, 4.69) is 20.1 Å². The van der Waals surface area contributed by atoms with E-state index in [-0.39, 0.29) is 42.1 Å². The molecule has 3 aromatic rings. The molecule has 4 rings (SSSR count). The molecule has 1 saturated heterocycles. The van der Waals surface area contributed by atoms with Gasteiger partial charge in [-0.15, -0.1) is 0 Å². The Labute approximate surface area is 211 Å². The Kier molecular flexibility index (Phi) is 7.98. The molecule has 2 unspecified atom stereocenters. The first-order valence-electron chi connectivity index (χ1n) is 12.2. The molecule has 1 aliphatic rings. The van der Waals surface area contributed by atoms with E-state index in [1.807, 2.05) is 0 Å². The Morgan fingerprint density at radius 2 is 1.95 bits per heavy atom. The fourth-order valence-electron chi connectivity index (χ4n) is 4.71. The maximum absolute atomic E-state index is 13.8. The van der Waals surface area contributed by atoms with Crippen molar-refractivity contribution in [3.8, 4) is 22.8 Å². The standard InChI is InChI=1S/C25H30F3N5O4/c1-15(2)12-33-22(25(26,27)28)19(11-29-33)24-30-23(31-37-24)18-7-5-17(6-8-18)20(34)14-32-9-3-4-16(13-32)10-21(35)36/h5-8,11,15-16,20,34H,3-4,9-10,12-14H2,1-2H3,(H,35,36). The van der Waals surface area contributed by atoms with E-state index in [9.17, 15) is 23.1 Å². The van der Waals surface area contributed by atoms with Gasteiger partial charge in [0.05, 0.1) is 17.9 Å². The Morgan fingerprint density at radius 1 is 1.22 bits per heavy atom. The molecule has 9 nitrogen and oxygen atoms in total. The molecule has 0 amide bonds.